The fraction of sp³-hybridized carbons (Fsp3) is 0.462. The van der Waals surface area contributed by atoms with Crippen molar-refractivity contribution in [2.45, 2.75) is 12.8 Å². The third kappa shape index (κ3) is 3.04. The molecule has 1 fully saturated rings. The minimum atomic E-state index is -0.484. The molecule has 2 nitrogen and oxygen atoms in total. The average Bonchev–Trinajstić information content (AvgIpc) is 2.38. The average molecular weight is 335 g/mol. The minimum Gasteiger partial charge on any atom is -0.338 e. The van der Waals surface area contributed by atoms with Crippen molar-refractivity contribution >= 4 is 33.4 Å². The molecule has 2 rings (SSSR count). The van der Waals surface area contributed by atoms with Crippen molar-refractivity contribution in [1.82, 2.24) is 4.90 Å². The summed E-state index contributed by atoms with van der Waals surface area (Å²) >= 11 is 9.01. The van der Waals surface area contributed by atoms with Gasteiger partial charge >= 0.3 is 0 Å². The van der Waals surface area contributed by atoms with Crippen LogP contribution in [0.3, 0.4) is 0 Å². The first-order chi connectivity index (χ1) is 8.61. The Kier molecular flexibility index (Phi) is 4.62. The molecule has 1 aromatic rings. The van der Waals surface area contributed by atoms with Crippen molar-refractivity contribution in [3.05, 3.63) is 34.1 Å². The smallest absolute Gasteiger partial charge is 0.256 e. The van der Waals surface area contributed by atoms with Crippen LogP contribution in [0.2, 0.25) is 0 Å². The fourth-order valence-electron chi connectivity index (χ4n) is 2.21. The van der Waals surface area contributed by atoms with Crippen molar-refractivity contribution in [3.63, 3.8) is 0 Å². The molecule has 1 aliphatic rings. The van der Waals surface area contributed by atoms with Crippen molar-refractivity contribution in [2.24, 2.45) is 5.92 Å². The van der Waals surface area contributed by atoms with Gasteiger partial charge in [0.2, 0.25) is 0 Å². The Hall–Kier alpha value is -0.610. The highest BCUT2D eigenvalue weighted by Crippen LogP contribution is 2.22. The summed E-state index contributed by atoms with van der Waals surface area (Å²) in [5.41, 5.74) is 0.133. The highest BCUT2D eigenvalue weighted by atomic mass is 79.9. The van der Waals surface area contributed by atoms with Crippen LogP contribution in [0, 0.1) is 11.7 Å². The molecule has 0 spiro atoms. The Balaban J connectivity index is 2.15. The van der Waals surface area contributed by atoms with Crippen LogP contribution in [0.1, 0.15) is 23.2 Å². The van der Waals surface area contributed by atoms with Gasteiger partial charge in [0.1, 0.15) is 5.82 Å². The van der Waals surface area contributed by atoms with Gasteiger partial charge in [-0.05, 0) is 37.0 Å². The Morgan fingerprint density at radius 2 is 2.33 bits per heavy atom. The molecule has 18 heavy (non-hydrogen) atoms. The minimum absolute atomic E-state index is 0.133. The summed E-state index contributed by atoms with van der Waals surface area (Å²) in [7, 11) is 0. The predicted octanol–water partition coefficient (Wildman–Crippen LogP) is 3.68. The van der Waals surface area contributed by atoms with Crippen LogP contribution in [0.25, 0.3) is 0 Å². The van der Waals surface area contributed by atoms with Gasteiger partial charge in [-0.3, -0.25) is 4.79 Å². The van der Waals surface area contributed by atoms with E-state index in [0.29, 0.717) is 29.4 Å². The quantitative estimate of drug-likeness (QED) is 0.756. The van der Waals surface area contributed by atoms with E-state index in [4.69, 9.17) is 11.6 Å². The number of carbonyl (C=O) groups is 1. The zero-order valence-corrected chi connectivity index (χ0v) is 12.2. The summed E-state index contributed by atoms with van der Waals surface area (Å²) in [4.78, 5) is 13.9. The molecule has 1 aromatic carbocycles. The maximum absolute atomic E-state index is 13.7. The second kappa shape index (κ2) is 6.02. The van der Waals surface area contributed by atoms with E-state index in [1.807, 2.05) is 0 Å². The number of benzene rings is 1. The van der Waals surface area contributed by atoms with Crippen LogP contribution in [-0.2, 0) is 0 Å². The van der Waals surface area contributed by atoms with Gasteiger partial charge in [0.25, 0.3) is 5.91 Å². The van der Waals surface area contributed by atoms with Crippen molar-refractivity contribution in [3.8, 4) is 0 Å². The molecule has 5 heteroatoms. The number of likely N-dealkylation sites (tertiary alicyclic amines) is 1. The maximum atomic E-state index is 13.7. The maximum Gasteiger partial charge on any atom is 0.256 e. The number of rotatable bonds is 2. The highest BCUT2D eigenvalue weighted by Gasteiger charge is 2.25. The predicted molar refractivity (Wildman–Crippen MR) is 73.4 cm³/mol. The Morgan fingerprint density at radius 1 is 1.56 bits per heavy atom. The van der Waals surface area contributed by atoms with Gasteiger partial charge in [-0.1, -0.05) is 15.9 Å². The molecule has 0 saturated carbocycles. The van der Waals surface area contributed by atoms with Crippen molar-refractivity contribution in [1.29, 1.82) is 0 Å². The van der Waals surface area contributed by atoms with E-state index in [1.54, 1.807) is 11.0 Å². The molecule has 1 amide bonds. The number of hydrogen-bond donors (Lipinski definition) is 0. The normalized spacial score (nSPS) is 19.9. The lowest BCUT2D eigenvalue weighted by Gasteiger charge is -2.32. The number of halogens is 3. The summed E-state index contributed by atoms with van der Waals surface area (Å²) in [6, 6.07) is 4.52. The van der Waals surface area contributed by atoms with Gasteiger partial charge < -0.3 is 4.90 Å². The van der Waals surface area contributed by atoms with Gasteiger partial charge in [0.15, 0.2) is 0 Å². The molecular formula is C13H14BrClFNO. The fourth-order valence-corrected chi connectivity index (χ4v) is 2.79. The number of hydrogen-bond acceptors (Lipinski definition) is 1. The van der Waals surface area contributed by atoms with Crippen LogP contribution >= 0.6 is 27.5 Å². The zero-order chi connectivity index (χ0) is 13.1. The van der Waals surface area contributed by atoms with Gasteiger partial charge in [-0.2, -0.15) is 0 Å². The molecule has 0 aliphatic carbocycles. The molecule has 1 atom stereocenters. The van der Waals surface area contributed by atoms with Crippen LogP contribution in [0.4, 0.5) is 4.39 Å². The lowest BCUT2D eigenvalue weighted by molar-refractivity contribution is 0.0680. The zero-order valence-electron chi connectivity index (χ0n) is 9.83. The van der Waals surface area contributed by atoms with Crippen LogP contribution in [0.15, 0.2) is 22.7 Å². The molecule has 1 unspecified atom stereocenters. The summed E-state index contributed by atoms with van der Waals surface area (Å²) in [6.45, 7) is 1.31. The van der Waals surface area contributed by atoms with Crippen LogP contribution in [0.5, 0.6) is 0 Å². The number of amides is 1. The van der Waals surface area contributed by atoms with E-state index in [-0.39, 0.29) is 11.5 Å². The molecule has 0 aromatic heterocycles. The van der Waals surface area contributed by atoms with Crippen molar-refractivity contribution < 1.29 is 9.18 Å². The van der Waals surface area contributed by atoms with Gasteiger partial charge in [-0.15, -0.1) is 11.6 Å². The largest absolute Gasteiger partial charge is 0.338 e. The summed E-state index contributed by atoms with van der Waals surface area (Å²) in [6.07, 6.45) is 1.97. The van der Waals surface area contributed by atoms with Crippen molar-refractivity contribution in [2.75, 3.05) is 19.0 Å². The summed E-state index contributed by atoms with van der Waals surface area (Å²) < 4.78 is 14.4. The van der Waals surface area contributed by atoms with Gasteiger partial charge in [0, 0.05) is 23.4 Å². The Labute approximate surface area is 119 Å². The number of piperidine rings is 1. The monoisotopic (exact) mass is 333 g/mol. The second-order valence-electron chi connectivity index (χ2n) is 4.54. The van der Waals surface area contributed by atoms with Gasteiger partial charge in [0.05, 0.1) is 5.56 Å². The van der Waals surface area contributed by atoms with E-state index >= 15 is 0 Å². The Bertz CT molecular complexity index is 455. The lowest BCUT2D eigenvalue weighted by Crippen LogP contribution is -2.40. The molecule has 0 N–H and O–H groups in total. The second-order valence-corrected chi connectivity index (χ2v) is 5.76. The molecule has 0 radical (unpaired) electrons. The number of nitrogens with zero attached hydrogens (tertiary/aromatic N) is 1. The molecule has 1 aliphatic heterocycles. The summed E-state index contributed by atoms with van der Waals surface area (Å²) in [5, 5.41) is 0. The standard InChI is InChI=1S/C13H14BrClFNO/c14-10-3-4-11(12(16)6-10)13(18)17-5-1-2-9(7-15)8-17/h3-4,6,9H,1-2,5,7-8H2. The molecular weight excluding hydrogens is 321 g/mol. The first-order valence-corrected chi connectivity index (χ1v) is 7.25. The lowest BCUT2D eigenvalue weighted by atomic mass is 9.99. The number of carbonyl (C=O) groups excluding carboxylic acids is 1. The van der Waals surface area contributed by atoms with Crippen LogP contribution in [-0.4, -0.2) is 29.8 Å². The van der Waals surface area contributed by atoms with E-state index < -0.39 is 5.82 Å². The van der Waals surface area contributed by atoms with E-state index in [1.165, 1.54) is 12.1 Å². The van der Waals surface area contributed by atoms with Crippen LogP contribution < -0.4 is 0 Å². The van der Waals surface area contributed by atoms with E-state index in [2.05, 4.69) is 15.9 Å². The van der Waals surface area contributed by atoms with E-state index in [0.717, 1.165) is 12.8 Å². The molecule has 1 saturated heterocycles. The third-order valence-corrected chi connectivity index (χ3v) is 4.12. The summed E-state index contributed by atoms with van der Waals surface area (Å²) in [5.74, 6) is 0.145. The highest BCUT2D eigenvalue weighted by molar-refractivity contribution is 9.10. The SMILES string of the molecule is O=C(c1ccc(Br)cc1F)N1CCCC(CCl)C1. The molecule has 0 bridgehead atoms. The number of alkyl halides is 1. The first-order valence-electron chi connectivity index (χ1n) is 5.92. The van der Waals surface area contributed by atoms with E-state index in [9.17, 15) is 9.18 Å². The first kappa shape index (κ1) is 13.8. The Morgan fingerprint density at radius 3 is 3.00 bits per heavy atom. The van der Waals surface area contributed by atoms with Gasteiger partial charge in [-0.25, -0.2) is 4.39 Å². The molecule has 98 valence electrons. The molecule has 1 heterocycles. The topological polar surface area (TPSA) is 20.3 Å². The third-order valence-electron chi connectivity index (χ3n) is 3.19.